The van der Waals surface area contributed by atoms with Crippen molar-refractivity contribution in [2.24, 2.45) is 5.11 Å². The average Bonchev–Trinajstić information content (AvgIpc) is 2.48. The fraction of sp³-hybridized carbons (Fsp3) is 0.769. The van der Waals surface area contributed by atoms with Crippen LogP contribution < -0.4 is 0 Å². The van der Waals surface area contributed by atoms with Crippen LogP contribution in [-0.4, -0.2) is 62.3 Å². The Kier molecular flexibility index (Phi) is 7.43. The highest BCUT2D eigenvalue weighted by Crippen LogP contribution is 2.29. The molecule has 5 atom stereocenters. The van der Waals surface area contributed by atoms with E-state index >= 15 is 0 Å². The zero-order valence-electron chi connectivity index (χ0n) is 13.7. The standard InChI is InChI=1S/C13H19N3O8/c1-6(17)21-10-9(5-15-16-14)24-13(20-4)12(23-8(3)19)11(10)22-7(2)18/h9-13H,5H2,1-4H3/t9?,10-,11?,12?,13+/m1/s1. The molecule has 0 aliphatic carbocycles. The van der Waals surface area contributed by atoms with Crippen LogP contribution in [0.3, 0.4) is 0 Å². The van der Waals surface area contributed by atoms with Gasteiger partial charge in [-0.15, -0.1) is 0 Å². The van der Waals surface area contributed by atoms with Crippen molar-refractivity contribution in [3.63, 3.8) is 0 Å². The molecule has 0 N–H and O–H groups in total. The molecule has 0 radical (unpaired) electrons. The number of azide groups is 1. The second kappa shape index (κ2) is 9.06. The van der Waals surface area contributed by atoms with Crippen LogP contribution in [0.4, 0.5) is 0 Å². The largest absolute Gasteiger partial charge is 0.456 e. The maximum absolute atomic E-state index is 11.4. The van der Waals surface area contributed by atoms with E-state index in [1.165, 1.54) is 7.11 Å². The summed E-state index contributed by atoms with van der Waals surface area (Å²) in [5.41, 5.74) is 8.48. The molecular formula is C13H19N3O8. The maximum atomic E-state index is 11.4. The minimum absolute atomic E-state index is 0.209. The fourth-order valence-corrected chi connectivity index (χ4v) is 2.31. The predicted octanol–water partition coefficient (Wildman–Crippen LogP) is 0.463. The average molecular weight is 345 g/mol. The van der Waals surface area contributed by atoms with Gasteiger partial charge < -0.3 is 23.7 Å². The first-order valence-corrected chi connectivity index (χ1v) is 7.01. The topological polar surface area (TPSA) is 146 Å². The third-order valence-electron chi connectivity index (χ3n) is 3.05. The van der Waals surface area contributed by atoms with Crippen LogP contribution in [0.2, 0.25) is 0 Å². The Bertz CT molecular complexity index is 533. The van der Waals surface area contributed by atoms with Crippen molar-refractivity contribution in [1.29, 1.82) is 0 Å². The minimum atomic E-state index is -1.19. The highest BCUT2D eigenvalue weighted by molar-refractivity contribution is 5.68. The van der Waals surface area contributed by atoms with Gasteiger partial charge in [-0.2, -0.15) is 0 Å². The van der Waals surface area contributed by atoms with E-state index in [4.69, 9.17) is 29.2 Å². The summed E-state index contributed by atoms with van der Waals surface area (Å²) in [6.07, 6.45) is -5.56. The second-order valence-corrected chi connectivity index (χ2v) is 4.91. The lowest BCUT2D eigenvalue weighted by atomic mass is 9.98. The van der Waals surface area contributed by atoms with Crippen LogP contribution in [-0.2, 0) is 38.1 Å². The van der Waals surface area contributed by atoms with Gasteiger partial charge in [0.05, 0.1) is 6.54 Å². The van der Waals surface area contributed by atoms with Gasteiger partial charge in [0, 0.05) is 32.8 Å². The van der Waals surface area contributed by atoms with Gasteiger partial charge in [-0.05, 0) is 5.53 Å². The van der Waals surface area contributed by atoms with Crippen molar-refractivity contribution in [1.82, 2.24) is 0 Å². The van der Waals surface area contributed by atoms with Crippen molar-refractivity contribution in [3.8, 4) is 0 Å². The molecular weight excluding hydrogens is 326 g/mol. The first-order chi connectivity index (χ1) is 11.3. The van der Waals surface area contributed by atoms with Gasteiger partial charge in [-0.25, -0.2) is 0 Å². The van der Waals surface area contributed by atoms with Crippen molar-refractivity contribution in [3.05, 3.63) is 10.4 Å². The summed E-state index contributed by atoms with van der Waals surface area (Å²) in [6, 6.07) is 0. The molecule has 1 aliphatic heterocycles. The van der Waals surface area contributed by atoms with Gasteiger partial charge in [0.1, 0.15) is 6.10 Å². The van der Waals surface area contributed by atoms with Gasteiger partial charge in [0.25, 0.3) is 0 Å². The number of ether oxygens (including phenoxy) is 5. The molecule has 1 heterocycles. The summed E-state index contributed by atoms with van der Waals surface area (Å²) in [6.45, 7) is 3.25. The third-order valence-corrected chi connectivity index (χ3v) is 3.05. The molecule has 11 nitrogen and oxygen atoms in total. The van der Waals surface area contributed by atoms with E-state index in [-0.39, 0.29) is 6.54 Å². The maximum Gasteiger partial charge on any atom is 0.303 e. The molecule has 0 spiro atoms. The molecule has 0 aromatic heterocycles. The van der Waals surface area contributed by atoms with E-state index < -0.39 is 48.6 Å². The Labute approximate surface area is 137 Å². The summed E-state index contributed by atoms with van der Waals surface area (Å²) < 4.78 is 26.1. The van der Waals surface area contributed by atoms with Gasteiger partial charge in [0.2, 0.25) is 0 Å². The number of esters is 3. The van der Waals surface area contributed by atoms with Crippen molar-refractivity contribution in [2.75, 3.05) is 13.7 Å². The summed E-state index contributed by atoms with van der Waals surface area (Å²) in [5, 5.41) is 3.38. The molecule has 0 aromatic carbocycles. The minimum Gasteiger partial charge on any atom is -0.456 e. The zero-order valence-corrected chi connectivity index (χ0v) is 13.7. The van der Waals surface area contributed by atoms with E-state index in [0.29, 0.717) is 0 Å². The monoisotopic (exact) mass is 345 g/mol. The number of hydrogen-bond donors (Lipinski definition) is 0. The molecule has 3 unspecified atom stereocenters. The van der Waals surface area contributed by atoms with Gasteiger partial charge in [-0.1, -0.05) is 5.11 Å². The lowest BCUT2D eigenvalue weighted by Gasteiger charge is -2.43. The van der Waals surface area contributed by atoms with Crippen LogP contribution in [0.15, 0.2) is 5.11 Å². The van der Waals surface area contributed by atoms with Gasteiger partial charge >= 0.3 is 17.9 Å². The molecule has 24 heavy (non-hydrogen) atoms. The number of hydrogen-bond acceptors (Lipinski definition) is 9. The lowest BCUT2D eigenvalue weighted by molar-refractivity contribution is -0.296. The summed E-state index contributed by atoms with van der Waals surface area (Å²) in [4.78, 5) is 36.8. The van der Waals surface area contributed by atoms with E-state index in [1.807, 2.05) is 0 Å². The van der Waals surface area contributed by atoms with Crippen molar-refractivity contribution in [2.45, 2.75) is 51.5 Å². The molecule has 0 bridgehead atoms. The van der Waals surface area contributed by atoms with Gasteiger partial charge in [0.15, 0.2) is 24.6 Å². The van der Waals surface area contributed by atoms with Crippen LogP contribution in [0, 0.1) is 0 Å². The van der Waals surface area contributed by atoms with E-state index in [2.05, 4.69) is 10.0 Å². The van der Waals surface area contributed by atoms with Crippen LogP contribution in [0.5, 0.6) is 0 Å². The number of rotatable bonds is 6. The smallest absolute Gasteiger partial charge is 0.303 e. The molecule has 1 fully saturated rings. The Morgan fingerprint density at radius 3 is 1.96 bits per heavy atom. The molecule has 1 saturated heterocycles. The van der Waals surface area contributed by atoms with E-state index in [0.717, 1.165) is 20.8 Å². The van der Waals surface area contributed by atoms with Crippen LogP contribution >= 0.6 is 0 Å². The first kappa shape index (κ1) is 19.7. The summed E-state index contributed by atoms with van der Waals surface area (Å²) in [5.74, 6) is -2.03. The number of nitrogens with zero attached hydrogens (tertiary/aromatic N) is 3. The Balaban J connectivity index is 3.22. The number of carbonyl (C=O) groups is 3. The molecule has 11 heteroatoms. The van der Waals surface area contributed by atoms with E-state index in [9.17, 15) is 14.4 Å². The highest BCUT2D eigenvalue weighted by atomic mass is 16.7. The van der Waals surface area contributed by atoms with Crippen molar-refractivity contribution < 1.29 is 38.1 Å². The summed E-state index contributed by atoms with van der Waals surface area (Å²) in [7, 11) is 1.29. The second-order valence-electron chi connectivity index (χ2n) is 4.91. The molecule has 134 valence electrons. The fourth-order valence-electron chi connectivity index (χ4n) is 2.31. The SMILES string of the molecule is CO[C@H]1OC(CN=[N+]=[N-])[C@@H](OC(C)=O)C(OC(C)=O)C1OC(C)=O. The Morgan fingerprint density at radius 1 is 1.00 bits per heavy atom. The Hall–Kier alpha value is -2.36. The van der Waals surface area contributed by atoms with Crippen LogP contribution in [0.25, 0.3) is 10.4 Å². The molecule has 0 saturated carbocycles. The highest BCUT2D eigenvalue weighted by Gasteiger charge is 2.51. The number of methoxy groups -OCH3 is 1. The molecule has 0 amide bonds. The molecule has 0 aromatic rings. The molecule has 1 rings (SSSR count). The number of carbonyl (C=O) groups excluding carboxylic acids is 3. The van der Waals surface area contributed by atoms with Gasteiger partial charge in [-0.3, -0.25) is 14.4 Å². The Morgan fingerprint density at radius 2 is 1.50 bits per heavy atom. The van der Waals surface area contributed by atoms with Crippen LogP contribution in [0.1, 0.15) is 20.8 Å². The first-order valence-electron chi connectivity index (χ1n) is 7.01. The normalized spacial score (nSPS) is 29.1. The van der Waals surface area contributed by atoms with E-state index in [1.54, 1.807) is 0 Å². The zero-order chi connectivity index (χ0) is 18.3. The van der Waals surface area contributed by atoms with Crippen molar-refractivity contribution >= 4 is 17.9 Å². The predicted molar refractivity (Wildman–Crippen MR) is 76.3 cm³/mol. The lowest BCUT2D eigenvalue weighted by Crippen LogP contribution is -2.62. The third kappa shape index (κ3) is 5.37. The molecule has 1 aliphatic rings. The quantitative estimate of drug-likeness (QED) is 0.222. The summed E-state index contributed by atoms with van der Waals surface area (Å²) >= 11 is 0.